The van der Waals surface area contributed by atoms with Crippen LogP contribution in [-0.2, 0) is 9.53 Å². The predicted molar refractivity (Wildman–Crippen MR) is 112 cm³/mol. The van der Waals surface area contributed by atoms with E-state index in [2.05, 4.69) is 40.1 Å². The van der Waals surface area contributed by atoms with E-state index in [-0.39, 0.29) is 12.5 Å². The Bertz CT molecular complexity index is 953. The number of carbonyl (C=O) groups is 1. The molecule has 4 nitrogen and oxygen atoms in total. The maximum Gasteiger partial charge on any atom is 0.255 e. The Kier molecular flexibility index (Phi) is 6.51. The van der Waals surface area contributed by atoms with Gasteiger partial charge in [0.25, 0.3) is 5.91 Å². The largest absolute Gasteiger partial charge is 0.385 e. The fourth-order valence-electron chi connectivity index (χ4n) is 3.22. The van der Waals surface area contributed by atoms with Crippen molar-refractivity contribution in [2.24, 2.45) is 0 Å². The highest BCUT2D eigenvalue weighted by Gasteiger charge is 2.51. The van der Waals surface area contributed by atoms with E-state index in [4.69, 9.17) is 4.74 Å². The molecule has 1 aliphatic heterocycles. The number of ether oxygens (including phenoxy) is 1. The molecule has 0 saturated carbocycles. The Balaban J connectivity index is 1.78. The molecule has 28 heavy (non-hydrogen) atoms. The van der Waals surface area contributed by atoms with Gasteiger partial charge in [-0.2, -0.15) is 0 Å². The third-order valence-corrected chi connectivity index (χ3v) is 5.20. The number of amides is 1. The van der Waals surface area contributed by atoms with E-state index >= 15 is 0 Å². The zero-order chi connectivity index (χ0) is 20.1. The van der Waals surface area contributed by atoms with Crippen LogP contribution in [-0.4, -0.2) is 47.8 Å². The summed E-state index contributed by atoms with van der Waals surface area (Å²) < 4.78 is 6.28. The first kappa shape index (κ1) is 20.1. The van der Waals surface area contributed by atoms with Crippen LogP contribution in [0.15, 0.2) is 71.4 Å². The second kappa shape index (κ2) is 9.05. The first-order valence-electron chi connectivity index (χ1n) is 8.78. The van der Waals surface area contributed by atoms with E-state index in [1.54, 1.807) is 0 Å². The van der Waals surface area contributed by atoms with Crippen molar-refractivity contribution in [3.63, 3.8) is 0 Å². The molecule has 3 rings (SSSR count). The summed E-state index contributed by atoms with van der Waals surface area (Å²) in [7, 11) is 1.47. The molecular weight excluding hydrogens is 418 g/mol. The Morgan fingerprint density at radius 1 is 1.25 bits per heavy atom. The Labute approximate surface area is 173 Å². The molecule has 1 heterocycles. The highest BCUT2D eigenvalue weighted by atomic mass is 79.9. The molecule has 0 radical (unpaired) electrons. The van der Waals surface area contributed by atoms with Crippen molar-refractivity contribution in [1.29, 1.82) is 0 Å². The number of aliphatic hydroxyl groups excluding tert-OH is 1. The zero-order valence-electron chi connectivity index (χ0n) is 15.4. The molecule has 0 aromatic heterocycles. The van der Waals surface area contributed by atoms with E-state index in [9.17, 15) is 9.90 Å². The van der Waals surface area contributed by atoms with Crippen LogP contribution in [0.5, 0.6) is 0 Å². The fourth-order valence-corrected chi connectivity index (χ4v) is 3.49. The summed E-state index contributed by atoms with van der Waals surface area (Å²) in [6.45, 7) is 3.91. The maximum absolute atomic E-state index is 12.4. The van der Waals surface area contributed by atoms with Gasteiger partial charge in [-0.15, -0.1) is 5.73 Å². The van der Waals surface area contributed by atoms with Crippen LogP contribution in [0.1, 0.15) is 11.1 Å². The van der Waals surface area contributed by atoms with Gasteiger partial charge >= 0.3 is 0 Å². The lowest BCUT2D eigenvalue weighted by molar-refractivity contribution is -0.175. The summed E-state index contributed by atoms with van der Waals surface area (Å²) in [6.07, 6.45) is -1.69. The van der Waals surface area contributed by atoms with Crippen molar-refractivity contribution in [3.05, 3.63) is 82.5 Å². The summed E-state index contributed by atoms with van der Waals surface area (Å²) in [6, 6.07) is 16.5. The van der Waals surface area contributed by atoms with Gasteiger partial charge in [0, 0.05) is 22.7 Å². The first-order valence-corrected chi connectivity index (χ1v) is 9.57. The Hall–Kier alpha value is -2.61. The first-order chi connectivity index (χ1) is 13.6. The number of carbonyl (C=O) groups excluding carboxylic acids is 1. The average Bonchev–Trinajstić information content (AvgIpc) is 2.71. The maximum atomic E-state index is 12.4. The molecule has 2 aromatic rings. The van der Waals surface area contributed by atoms with E-state index in [0.717, 1.165) is 15.6 Å². The molecule has 5 heteroatoms. The smallest absolute Gasteiger partial charge is 0.255 e. The number of aliphatic hydroxyl groups is 1. The molecule has 1 N–H and O–H groups in total. The number of nitrogens with zero attached hydrogens (tertiary/aromatic N) is 1. The minimum atomic E-state index is -0.975. The van der Waals surface area contributed by atoms with Crippen molar-refractivity contribution in [2.45, 2.75) is 18.2 Å². The Morgan fingerprint density at radius 3 is 2.54 bits per heavy atom. The van der Waals surface area contributed by atoms with Gasteiger partial charge in [0.15, 0.2) is 6.10 Å². The number of rotatable bonds is 5. The molecule has 1 saturated heterocycles. The molecule has 1 aliphatic rings. The molecular formula is C23H20BrNO3. The highest BCUT2D eigenvalue weighted by molar-refractivity contribution is 9.10. The van der Waals surface area contributed by atoms with Crippen LogP contribution in [0.25, 0.3) is 5.57 Å². The van der Waals surface area contributed by atoms with Gasteiger partial charge in [-0.1, -0.05) is 64.7 Å². The van der Waals surface area contributed by atoms with Gasteiger partial charge in [0.05, 0.1) is 12.6 Å². The van der Waals surface area contributed by atoms with E-state index in [1.807, 2.05) is 54.6 Å². The molecule has 1 fully saturated rings. The summed E-state index contributed by atoms with van der Waals surface area (Å²) in [5.41, 5.74) is 5.01. The van der Waals surface area contributed by atoms with Crippen molar-refractivity contribution in [3.8, 4) is 11.8 Å². The fraction of sp³-hybridized carbons (Fsp3) is 0.217. The minimum Gasteiger partial charge on any atom is -0.385 e. The van der Waals surface area contributed by atoms with Crippen molar-refractivity contribution < 1.29 is 14.6 Å². The van der Waals surface area contributed by atoms with Crippen LogP contribution in [0.3, 0.4) is 0 Å². The lowest BCUT2D eigenvalue weighted by atomic mass is 9.86. The second-order valence-electron chi connectivity index (χ2n) is 6.32. The SMILES string of the molecule is C=C=C(c1ccccc1)[C@@H](O)[C@H]1[C@@H](OC)C(=O)N1CC#Cc1ccc(Br)cc1. The van der Waals surface area contributed by atoms with E-state index in [0.29, 0.717) is 5.57 Å². The van der Waals surface area contributed by atoms with Gasteiger partial charge in [-0.25, -0.2) is 0 Å². The second-order valence-corrected chi connectivity index (χ2v) is 7.24. The van der Waals surface area contributed by atoms with Crippen molar-refractivity contribution >= 4 is 27.4 Å². The number of β-lactam (4-membered cyclic amide) rings is 1. The van der Waals surface area contributed by atoms with Crippen molar-refractivity contribution in [1.82, 2.24) is 4.90 Å². The molecule has 0 aliphatic carbocycles. The molecule has 2 aromatic carbocycles. The summed E-state index contributed by atoms with van der Waals surface area (Å²) >= 11 is 3.39. The van der Waals surface area contributed by atoms with Gasteiger partial charge in [-0.05, 0) is 29.8 Å². The molecule has 0 spiro atoms. The standard InChI is InChI=1S/C23H20BrNO3/c1-3-19(17-9-5-4-6-10-17)21(26)20-22(28-2)23(27)25(20)15-7-8-16-11-13-18(24)14-12-16/h4-6,9-14,20-22,26H,1,15H2,2H3/t20-,21+,22+/m0/s1. The summed E-state index contributed by atoms with van der Waals surface area (Å²) in [5, 5.41) is 11.0. The van der Waals surface area contributed by atoms with Crippen LogP contribution in [0, 0.1) is 11.8 Å². The predicted octanol–water partition coefficient (Wildman–Crippen LogP) is 3.26. The minimum absolute atomic E-state index is 0.187. The average molecular weight is 438 g/mol. The summed E-state index contributed by atoms with van der Waals surface area (Å²) in [4.78, 5) is 13.9. The molecule has 1 amide bonds. The van der Waals surface area contributed by atoms with E-state index in [1.165, 1.54) is 12.0 Å². The van der Waals surface area contributed by atoms with Crippen LogP contribution >= 0.6 is 15.9 Å². The number of likely N-dealkylation sites (tertiary alicyclic amines) is 1. The zero-order valence-corrected chi connectivity index (χ0v) is 17.0. The molecule has 142 valence electrons. The molecule has 0 unspecified atom stereocenters. The van der Waals surface area contributed by atoms with Crippen LogP contribution in [0.4, 0.5) is 0 Å². The van der Waals surface area contributed by atoms with Gasteiger partial charge in [0.1, 0.15) is 6.10 Å². The van der Waals surface area contributed by atoms with Gasteiger partial charge < -0.3 is 14.7 Å². The van der Waals surface area contributed by atoms with Crippen LogP contribution in [0.2, 0.25) is 0 Å². The third kappa shape index (κ3) is 4.11. The lowest BCUT2D eigenvalue weighted by Crippen LogP contribution is -2.69. The lowest BCUT2D eigenvalue weighted by Gasteiger charge is -2.47. The quantitative estimate of drug-likeness (QED) is 0.443. The number of hydrogen-bond acceptors (Lipinski definition) is 3. The monoisotopic (exact) mass is 437 g/mol. The highest BCUT2D eigenvalue weighted by Crippen LogP contribution is 2.31. The van der Waals surface area contributed by atoms with Crippen molar-refractivity contribution in [2.75, 3.05) is 13.7 Å². The molecule has 3 atom stereocenters. The number of benzene rings is 2. The molecule has 0 bridgehead atoms. The topological polar surface area (TPSA) is 49.8 Å². The number of halogens is 1. The van der Waals surface area contributed by atoms with Gasteiger partial charge in [0.2, 0.25) is 0 Å². The number of hydrogen-bond donors (Lipinski definition) is 1. The third-order valence-electron chi connectivity index (χ3n) is 4.67. The van der Waals surface area contributed by atoms with Gasteiger partial charge in [-0.3, -0.25) is 4.79 Å². The summed E-state index contributed by atoms with van der Waals surface area (Å²) in [5.74, 6) is 5.86. The van der Waals surface area contributed by atoms with E-state index < -0.39 is 18.2 Å². The normalized spacial score (nSPS) is 19.1. The Morgan fingerprint density at radius 2 is 1.93 bits per heavy atom. The van der Waals surface area contributed by atoms with Crippen LogP contribution < -0.4 is 0 Å². The number of methoxy groups -OCH3 is 1.